The van der Waals surface area contributed by atoms with Crippen LogP contribution in [-0.2, 0) is 24.9 Å². The second-order valence-corrected chi connectivity index (χ2v) is 11.2. The summed E-state index contributed by atoms with van der Waals surface area (Å²) in [7, 11) is 1.95. The number of hydrogen-bond donors (Lipinski definition) is 1. The Labute approximate surface area is 240 Å². The summed E-state index contributed by atoms with van der Waals surface area (Å²) in [5.41, 5.74) is 7.39. The van der Waals surface area contributed by atoms with Crippen molar-refractivity contribution >= 4 is 27.6 Å². The maximum atomic E-state index is 13.0. The maximum absolute atomic E-state index is 13.0. The largest absolute Gasteiger partial charge is 0.493 e. The van der Waals surface area contributed by atoms with Crippen molar-refractivity contribution in [3.05, 3.63) is 82.8 Å². The van der Waals surface area contributed by atoms with Crippen LogP contribution in [0.25, 0.3) is 32.8 Å². The fraction of sp³-hybridized carbons (Fsp3) is 0.353. The molecule has 0 saturated carbocycles. The van der Waals surface area contributed by atoms with Crippen LogP contribution in [0.4, 0.5) is 0 Å². The Bertz CT molecular complexity index is 1760. The zero-order valence-electron chi connectivity index (χ0n) is 24.2. The van der Waals surface area contributed by atoms with Gasteiger partial charge in [0.15, 0.2) is 0 Å². The van der Waals surface area contributed by atoms with Crippen molar-refractivity contribution in [2.24, 2.45) is 7.05 Å². The molecular weight excluding hydrogens is 514 g/mol. The lowest BCUT2D eigenvalue weighted by atomic mass is 9.91. The third-order valence-corrected chi connectivity index (χ3v) is 8.48. The zero-order chi connectivity index (χ0) is 28.7. The van der Waals surface area contributed by atoms with Gasteiger partial charge in [0, 0.05) is 42.1 Å². The van der Waals surface area contributed by atoms with Gasteiger partial charge < -0.3 is 19.1 Å². The average Bonchev–Trinajstić information content (AvgIpc) is 3.42. The van der Waals surface area contributed by atoms with E-state index in [4.69, 9.17) is 14.6 Å². The van der Waals surface area contributed by atoms with Crippen molar-refractivity contribution in [2.45, 2.75) is 59.1 Å². The van der Waals surface area contributed by atoms with Gasteiger partial charge in [-0.05, 0) is 61.6 Å². The molecule has 6 rings (SSSR count). The Morgan fingerprint density at radius 3 is 2.68 bits per heavy atom. The van der Waals surface area contributed by atoms with E-state index in [1.807, 2.05) is 42.9 Å². The standard InChI is InChI=1S/C34H37N3O4/c1-21-14-15-26-29(22(2)16-19-41-28-13-9-11-24-10-5-6-12-25(24)28)33(34(38)39)37-17-7-8-18-40-20-27-31(30(21)32(26)37)23(3)35-36(27)4/h5-6,9-15,22H,7-8,16-20H2,1-4H3,(H,38,39). The van der Waals surface area contributed by atoms with E-state index in [-0.39, 0.29) is 5.92 Å². The molecule has 1 aliphatic rings. The summed E-state index contributed by atoms with van der Waals surface area (Å²) in [6.07, 6.45) is 2.38. The van der Waals surface area contributed by atoms with Crippen LogP contribution in [-0.4, -0.2) is 38.6 Å². The summed E-state index contributed by atoms with van der Waals surface area (Å²) in [5.74, 6) is -0.0673. The number of aromatic carboxylic acids is 1. The van der Waals surface area contributed by atoms with E-state index in [2.05, 4.69) is 48.7 Å². The second-order valence-electron chi connectivity index (χ2n) is 11.2. The van der Waals surface area contributed by atoms with Crippen LogP contribution in [0.1, 0.15) is 65.1 Å². The Balaban J connectivity index is 1.46. The lowest BCUT2D eigenvalue weighted by Crippen LogP contribution is -2.13. The van der Waals surface area contributed by atoms with E-state index in [1.54, 1.807) is 0 Å². The molecule has 212 valence electrons. The first-order chi connectivity index (χ1) is 19.9. The topological polar surface area (TPSA) is 78.5 Å². The van der Waals surface area contributed by atoms with Crippen LogP contribution >= 0.6 is 0 Å². The van der Waals surface area contributed by atoms with Crippen molar-refractivity contribution < 1.29 is 19.4 Å². The summed E-state index contributed by atoms with van der Waals surface area (Å²) in [4.78, 5) is 13.0. The minimum absolute atomic E-state index is 0.0268. The van der Waals surface area contributed by atoms with E-state index < -0.39 is 5.97 Å². The molecule has 0 radical (unpaired) electrons. The summed E-state index contributed by atoms with van der Waals surface area (Å²) in [6.45, 7) is 8.45. The second kappa shape index (κ2) is 11.1. The smallest absolute Gasteiger partial charge is 0.352 e. The van der Waals surface area contributed by atoms with E-state index in [0.717, 1.165) is 73.9 Å². The minimum Gasteiger partial charge on any atom is -0.493 e. The van der Waals surface area contributed by atoms with Gasteiger partial charge in [-0.3, -0.25) is 4.68 Å². The van der Waals surface area contributed by atoms with Crippen molar-refractivity contribution in [1.29, 1.82) is 0 Å². The fourth-order valence-electron chi connectivity index (χ4n) is 6.49. The molecule has 1 N–H and O–H groups in total. The van der Waals surface area contributed by atoms with Crippen LogP contribution < -0.4 is 4.74 Å². The van der Waals surface area contributed by atoms with Crippen molar-refractivity contribution in [2.75, 3.05) is 13.2 Å². The molecule has 2 aromatic heterocycles. The summed E-state index contributed by atoms with van der Waals surface area (Å²) in [6, 6.07) is 18.5. The highest BCUT2D eigenvalue weighted by atomic mass is 16.5. The van der Waals surface area contributed by atoms with Crippen LogP contribution in [0.15, 0.2) is 54.6 Å². The van der Waals surface area contributed by atoms with Crippen LogP contribution in [0.2, 0.25) is 0 Å². The van der Waals surface area contributed by atoms with Gasteiger partial charge in [-0.25, -0.2) is 4.79 Å². The van der Waals surface area contributed by atoms with Gasteiger partial charge in [0.25, 0.3) is 0 Å². The minimum atomic E-state index is -0.893. The lowest BCUT2D eigenvalue weighted by molar-refractivity contribution is 0.0683. The number of aryl methyl sites for hydroxylation is 4. The quantitative estimate of drug-likeness (QED) is 0.238. The number of carboxylic acids is 1. The molecule has 7 nitrogen and oxygen atoms in total. The maximum Gasteiger partial charge on any atom is 0.352 e. The Kier molecular flexibility index (Phi) is 7.30. The number of nitrogens with zero attached hydrogens (tertiary/aromatic N) is 3. The lowest BCUT2D eigenvalue weighted by Gasteiger charge is -2.15. The first-order valence-electron chi connectivity index (χ1n) is 14.5. The number of rotatable bonds is 6. The summed E-state index contributed by atoms with van der Waals surface area (Å²) < 4.78 is 16.3. The monoisotopic (exact) mass is 551 g/mol. The average molecular weight is 552 g/mol. The van der Waals surface area contributed by atoms with Gasteiger partial charge in [-0.1, -0.05) is 55.5 Å². The normalized spacial score (nSPS) is 14.5. The van der Waals surface area contributed by atoms with Gasteiger partial charge in [0.1, 0.15) is 11.4 Å². The molecule has 1 aliphatic heterocycles. The Morgan fingerprint density at radius 1 is 1.05 bits per heavy atom. The van der Waals surface area contributed by atoms with Crippen molar-refractivity contribution in [1.82, 2.24) is 14.3 Å². The highest BCUT2D eigenvalue weighted by Crippen LogP contribution is 2.43. The first kappa shape index (κ1) is 27.1. The highest BCUT2D eigenvalue weighted by Gasteiger charge is 2.30. The molecule has 7 heteroatoms. The number of ether oxygens (including phenoxy) is 2. The molecule has 3 heterocycles. The molecule has 41 heavy (non-hydrogen) atoms. The van der Waals surface area contributed by atoms with Crippen molar-refractivity contribution in [3.63, 3.8) is 0 Å². The van der Waals surface area contributed by atoms with Crippen molar-refractivity contribution in [3.8, 4) is 16.9 Å². The predicted molar refractivity (Wildman–Crippen MR) is 162 cm³/mol. The van der Waals surface area contributed by atoms with Gasteiger partial charge in [0.2, 0.25) is 0 Å². The predicted octanol–water partition coefficient (Wildman–Crippen LogP) is 7.39. The number of fused-ring (bicyclic) bond motifs is 3. The van der Waals surface area contributed by atoms with E-state index in [0.29, 0.717) is 38.5 Å². The third kappa shape index (κ3) is 4.78. The molecule has 1 atom stereocenters. The highest BCUT2D eigenvalue weighted by molar-refractivity contribution is 6.05. The van der Waals surface area contributed by atoms with Crippen LogP contribution in [0, 0.1) is 13.8 Å². The van der Waals surface area contributed by atoms with Crippen LogP contribution in [0.3, 0.4) is 0 Å². The summed E-state index contributed by atoms with van der Waals surface area (Å²) in [5, 5.41) is 18.6. The first-order valence-corrected chi connectivity index (χ1v) is 14.5. The molecule has 0 aliphatic carbocycles. The van der Waals surface area contributed by atoms with Crippen LogP contribution in [0.5, 0.6) is 5.75 Å². The number of aromatic nitrogens is 3. The SMILES string of the molecule is Cc1ccc2c(C(C)CCOc3cccc4ccccc34)c(C(=O)O)n3c2c1-c1c(C)nn(C)c1COCCCC3. The molecule has 0 spiro atoms. The number of carboxylic acid groups (broad SMARTS) is 1. The van der Waals surface area contributed by atoms with E-state index in [1.165, 1.54) is 0 Å². The van der Waals surface area contributed by atoms with Gasteiger partial charge >= 0.3 is 5.97 Å². The van der Waals surface area contributed by atoms with Gasteiger partial charge in [-0.15, -0.1) is 0 Å². The molecular formula is C34H37N3O4. The number of hydrogen-bond acceptors (Lipinski definition) is 4. The van der Waals surface area contributed by atoms with E-state index >= 15 is 0 Å². The summed E-state index contributed by atoms with van der Waals surface area (Å²) >= 11 is 0. The number of carbonyl (C=O) groups is 1. The van der Waals surface area contributed by atoms with Gasteiger partial charge in [0.05, 0.1) is 30.1 Å². The fourth-order valence-corrected chi connectivity index (χ4v) is 6.49. The molecule has 0 bridgehead atoms. The third-order valence-electron chi connectivity index (χ3n) is 8.48. The number of benzene rings is 3. The Morgan fingerprint density at radius 2 is 1.85 bits per heavy atom. The van der Waals surface area contributed by atoms with E-state index in [9.17, 15) is 9.90 Å². The molecule has 1 unspecified atom stereocenters. The zero-order valence-corrected chi connectivity index (χ0v) is 24.2. The molecule has 0 saturated heterocycles. The molecule has 0 amide bonds. The molecule has 0 fully saturated rings. The molecule has 3 aromatic carbocycles. The Hall–Kier alpha value is -4.10. The van der Waals surface area contributed by atoms with Gasteiger partial charge in [-0.2, -0.15) is 5.10 Å². The molecule has 5 aromatic rings.